The summed E-state index contributed by atoms with van der Waals surface area (Å²) in [5.74, 6) is -0.960. The Morgan fingerprint density at radius 2 is 1.59 bits per heavy atom. The van der Waals surface area contributed by atoms with E-state index >= 15 is 0 Å². The van der Waals surface area contributed by atoms with E-state index in [0.29, 0.717) is 13.1 Å². The minimum atomic E-state index is -4.48. The van der Waals surface area contributed by atoms with E-state index in [9.17, 15) is 17.1 Å². The summed E-state index contributed by atoms with van der Waals surface area (Å²) >= 11 is 0. The van der Waals surface area contributed by atoms with Crippen molar-refractivity contribution >= 4 is 16.1 Å². The molecule has 0 aliphatic carbocycles. The van der Waals surface area contributed by atoms with Crippen LogP contribution in [0.5, 0.6) is 0 Å². The average molecular weight is 336 g/mol. The molecule has 1 aliphatic heterocycles. The van der Waals surface area contributed by atoms with Crippen LogP contribution in [0.1, 0.15) is 57.8 Å². The van der Waals surface area contributed by atoms with Crippen molar-refractivity contribution in [3.05, 3.63) is 0 Å². The highest BCUT2D eigenvalue weighted by molar-refractivity contribution is 7.86. The van der Waals surface area contributed by atoms with Gasteiger partial charge < -0.3 is 10.6 Å². The van der Waals surface area contributed by atoms with Crippen molar-refractivity contribution in [3.63, 3.8) is 0 Å². The van der Waals surface area contributed by atoms with Gasteiger partial charge in [0.25, 0.3) is 0 Å². The Hall–Kier alpha value is -0.690. The molecule has 1 aliphatic rings. The van der Waals surface area contributed by atoms with Crippen LogP contribution in [0.15, 0.2) is 0 Å². The topological polar surface area (TPSA) is 80.5 Å². The SMILES string of the molecule is NCCCCCCCCCCN1CC(CS(=O)(=O)F)CC1=O. The molecule has 0 spiro atoms. The Morgan fingerprint density at radius 1 is 1.05 bits per heavy atom. The quantitative estimate of drug-likeness (QED) is 0.438. The van der Waals surface area contributed by atoms with Gasteiger partial charge >= 0.3 is 10.2 Å². The third kappa shape index (κ3) is 8.68. The largest absolute Gasteiger partial charge is 0.342 e. The molecule has 2 N–H and O–H groups in total. The van der Waals surface area contributed by atoms with Crippen LogP contribution in [0.3, 0.4) is 0 Å². The number of halogens is 1. The van der Waals surface area contributed by atoms with Crippen molar-refractivity contribution in [2.24, 2.45) is 11.7 Å². The van der Waals surface area contributed by atoms with Crippen molar-refractivity contribution < 1.29 is 17.1 Å². The van der Waals surface area contributed by atoms with Gasteiger partial charge in [0.05, 0.1) is 5.75 Å². The lowest BCUT2D eigenvalue weighted by molar-refractivity contribution is -0.127. The third-order valence-corrected chi connectivity index (χ3v) is 4.98. The van der Waals surface area contributed by atoms with E-state index in [1.807, 2.05) is 0 Å². The molecule has 0 bridgehead atoms. The predicted molar refractivity (Wildman–Crippen MR) is 85.6 cm³/mol. The van der Waals surface area contributed by atoms with Gasteiger partial charge in [-0.25, -0.2) is 0 Å². The molecular weight excluding hydrogens is 307 g/mol. The molecule has 0 radical (unpaired) electrons. The summed E-state index contributed by atoms with van der Waals surface area (Å²) in [5, 5.41) is 0. The first kappa shape index (κ1) is 19.4. The molecule has 1 heterocycles. The van der Waals surface area contributed by atoms with E-state index in [1.54, 1.807) is 4.90 Å². The lowest BCUT2D eigenvalue weighted by Crippen LogP contribution is -2.27. The summed E-state index contributed by atoms with van der Waals surface area (Å²) in [6.45, 7) is 1.81. The Bertz CT molecular complexity index is 429. The van der Waals surface area contributed by atoms with Crippen molar-refractivity contribution in [1.82, 2.24) is 4.90 Å². The fourth-order valence-electron chi connectivity index (χ4n) is 2.97. The van der Waals surface area contributed by atoms with Crippen LogP contribution < -0.4 is 5.73 Å². The van der Waals surface area contributed by atoms with E-state index < -0.39 is 16.0 Å². The molecule has 1 saturated heterocycles. The van der Waals surface area contributed by atoms with Gasteiger partial charge in [-0.2, -0.15) is 8.42 Å². The standard InChI is InChI=1S/C15H29FN2O3S/c16-22(20,21)13-14-11-15(19)18(12-14)10-8-6-4-2-1-3-5-7-9-17/h14H,1-13,17H2. The number of nitrogens with two attached hydrogens (primary N) is 1. The summed E-state index contributed by atoms with van der Waals surface area (Å²) in [6, 6.07) is 0. The van der Waals surface area contributed by atoms with Crippen LogP contribution in [-0.2, 0) is 15.0 Å². The summed E-state index contributed by atoms with van der Waals surface area (Å²) in [5.41, 5.74) is 5.44. The second kappa shape index (κ2) is 10.2. The molecule has 0 aromatic carbocycles. The fourth-order valence-corrected chi connectivity index (χ4v) is 3.76. The van der Waals surface area contributed by atoms with E-state index in [1.165, 1.54) is 25.7 Å². The highest BCUT2D eigenvalue weighted by atomic mass is 32.3. The molecule has 5 nitrogen and oxygen atoms in total. The molecule has 130 valence electrons. The third-order valence-electron chi connectivity index (χ3n) is 4.11. The van der Waals surface area contributed by atoms with Gasteiger partial charge in [-0.1, -0.05) is 38.5 Å². The smallest absolute Gasteiger partial charge is 0.302 e. The monoisotopic (exact) mass is 336 g/mol. The van der Waals surface area contributed by atoms with Gasteiger partial charge in [0.2, 0.25) is 5.91 Å². The Morgan fingerprint density at radius 3 is 2.14 bits per heavy atom. The Labute approximate surface area is 133 Å². The van der Waals surface area contributed by atoms with Crippen molar-refractivity contribution in [2.45, 2.75) is 57.8 Å². The van der Waals surface area contributed by atoms with E-state index in [-0.39, 0.29) is 18.2 Å². The number of carbonyl (C=O) groups excluding carboxylic acids is 1. The maximum atomic E-state index is 12.6. The van der Waals surface area contributed by atoms with Crippen molar-refractivity contribution in [2.75, 3.05) is 25.4 Å². The molecule has 1 unspecified atom stereocenters. The van der Waals surface area contributed by atoms with Gasteiger partial charge in [0, 0.05) is 25.4 Å². The number of carbonyl (C=O) groups is 1. The summed E-state index contributed by atoms with van der Waals surface area (Å²) in [6.07, 6.45) is 9.32. The van der Waals surface area contributed by atoms with Gasteiger partial charge in [0.1, 0.15) is 0 Å². The first-order valence-corrected chi connectivity index (χ1v) is 9.88. The molecule has 1 amide bonds. The van der Waals surface area contributed by atoms with Crippen LogP contribution in [0, 0.1) is 5.92 Å². The summed E-state index contributed by atoms with van der Waals surface area (Å²) in [7, 11) is -4.48. The molecule has 1 rings (SSSR count). The second-order valence-corrected chi connectivity index (χ2v) is 7.64. The maximum absolute atomic E-state index is 12.6. The van der Waals surface area contributed by atoms with Crippen LogP contribution in [0.4, 0.5) is 3.89 Å². The Balaban J connectivity index is 2.04. The summed E-state index contributed by atoms with van der Waals surface area (Å²) in [4.78, 5) is 13.4. The lowest BCUT2D eigenvalue weighted by Gasteiger charge is -2.16. The number of hydrogen-bond acceptors (Lipinski definition) is 4. The number of unbranched alkanes of at least 4 members (excludes halogenated alkanes) is 7. The zero-order chi connectivity index (χ0) is 16.4. The highest BCUT2D eigenvalue weighted by Crippen LogP contribution is 2.21. The van der Waals surface area contributed by atoms with Crippen LogP contribution in [0.25, 0.3) is 0 Å². The molecule has 0 saturated carbocycles. The highest BCUT2D eigenvalue weighted by Gasteiger charge is 2.32. The van der Waals surface area contributed by atoms with Gasteiger partial charge in [-0.15, -0.1) is 3.89 Å². The Kier molecular flexibility index (Phi) is 8.93. The van der Waals surface area contributed by atoms with Crippen molar-refractivity contribution in [3.8, 4) is 0 Å². The average Bonchev–Trinajstić information content (AvgIpc) is 2.74. The number of hydrogen-bond donors (Lipinski definition) is 1. The molecule has 1 atom stereocenters. The zero-order valence-corrected chi connectivity index (χ0v) is 14.1. The molecule has 0 aromatic rings. The first-order chi connectivity index (χ1) is 10.4. The van der Waals surface area contributed by atoms with Crippen LogP contribution >= 0.6 is 0 Å². The number of likely N-dealkylation sites (tertiary alicyclic amines) is 1. The van der Waals surface area contributed by atoms with E-state index in [2.05, 4.69) is 0 Å². The minimum Gasteiger partial charge on any atom is -0.342 e. The molecule has 1 fully saturated rings. The van der Waals surface area contributed by atoms with Crippen LogP contribution in [-0.4, -0.2) is 44.6 Å². The molecular formula is C15H29FN2O3S. The number of amides is 1. The lowest BCUT2D eigenvalue weighted by atomic mass is 10.1. The van der Waals surface area contributed by atoms with Gasteiger partial charge in [-0.3, -0.25) is 4.79 Å². The minimum absolute atomic E-state index is 0.0459. The van der Waals surface area contributed by atoms with E-state index in [4.69, 9.17) is 5.73 Å². The van der Waals surface area contributed by atoms with Crippen molar-refractivity contribution in [1.29, 1.82) is 0 Å². The fraction of sp³-hybridized carbons (Fsp3) is 0.933. The maximum Gasteiger partial charge on any atom is 0.302 e. The molecule has 0 aromatic heterocycles. The number of nitrogens with zero attached hydrogens (tertiary/aromatic N) is 1. The second-order valence-electron chi connectivity index (χ2n) is 6.23. The van der Waals surface area contributed by atoms with E-state index in [0.717, 1.165) is 32.2 Å². The van der Waals surface area contributed by atoms with Gasteiger partial charge in [-0.05, 0) is 19.4 Å². The van der Waals surface area contributed by atoms with Crippen LogP contribution in [0.2, 0.25) is 0 Å². The molecule has 7 heteroatoms. The number of rotatable bonds is 12. The summed E-state index contributed by atoms with van der Waals surface area (Å²) < 4.78 is 33.9. The normalized spacial score (nSPS) is 19.1. The zero-order valence-electron chi connectivity index (χ0n) is 13.3. The van der Waals surface area contributed by atoms with Gasteiger partial charge in [0.15, 0.2) is 0 Å². The predicted octanol–water partition coefficient (Wildman–Crippen LogP) is 2.21. The molecule has 22 heavy (non-hydrogen) atoms. The first-order valence-electron chi connectivity index (χ1n) is 8.32.